The molecule has 0 bridgehead atoms. The molecule has 0 aromatic heterocycles. The highest BCUT2D eigenvalue weighted by Gasteiger charge is 2.29. The predicted molar refractivity (Wildman–Crippen MR) is 106 cm³/mol. The average molecular weight is 367 g/mol. The van der Waals surface area contributed by atoms with Gasteiger partial charge in [-0.3, -0.25) is 4.79 Å². The number of para-hydroxylation sites is 1. The molecule has 5 heteroatoms. The molecule has 1 aromatic carbocycles. The van der Waals surface area contributed by atoms with Crippen molar-refractivity contribution in [1.29, 1.82) is 0 Å². The Hall–Kier alpha value is -1.26. The third-order valence-corrected chi connectivity index (χ3v) is 4.84. The topological polar surface area (TPSA) is 36.8 Å². The summed E-state index contributed by atoms with van der Waals surface area (Å²) >= 11 is 6.29. The van der Waals surface area contributed by atoms with E-state index in [1.54, 1.807) is 0 Å². The predicted octanol–water partition coefficient (Wildman–Crippen LogP) is 2.38. The van der Waals surface area contributed by atoms with Gasteiger partial charge in [-0.05, 0) is 37.8 Å². The zero-order valence-corrected chi connectivity index (χ0v) is 17.0. The zero-order valence-electron chi connectivity index (χ0n) is 16.3. The van der Waals surface area contributed by atoms with E-state index in [2.05, 4.69) is 50.9 Å². The van der Waals surface area contributed by atoms with Crippen LogP contribution in [-0.2, 0) is 4.79 Å². The van der Waals surface area contributed by atoms with Gasteiger partial charge in [0.1, 0.15) is 0 Å². The summed E-state index contributed by atoms with van der Waals surface area (Å²) in [6.45, 7) is 15.2. The van der Waals surface area contributed by atoms with Crippen molar-refractivity contribution in [2.24, 2.45) is 5.41 Å². The SMILES string of the molecule is CC(C)(C)CC(C)(C)NC(=O)C[NH+]1CCN(c2ccccc2Cl)CC1. The van der Waals surface area contributed by atoms with Gasteiger partial charge < -0.3 is 15.1 Å². The maximum Gasteiger partial charge on any atom is 0.275 e. The number of carbonyl (C=O) groups excluding carboxylic acids is 1. The van der Waals surface area contributed by atoms with Gasteiger partial charge in [-0.1, -0.05) is 44.5 Å². The van der Waals surface area contributed by atoms with Crippen LogP contribution in [0.2, 0.25) is 5.02 Å². The van der Waals surface area contributed by atoms with E-state index >= 15 is 0 Å². The summed E-state index contributed by atoms with van der Waals surface area (Å²) < 4.78 is 0. The Kier molecular flexibility index (Phi) is 6.39. The Labute approximate surface area is 157 Å². The molecule has 1 heterocycles. The Morgan fingerprint density at radius 3 is 2.32 bits per heavy atom. The van der Waals surface area contributed by atoms with Crippen molar-refractivity contribution in [2.45, 2.75) is 46.6 Å². The number of carbonyl (C=O) groups is 1. The number of benzene rings is 1. The molecule has 1 aliphatic heterocycles. The van der Waals surface area contributed by atoms with Crippen molar-refractivity contribution in [3.05, 3.63) is 29.3 Å². The number of nitrogens with one attached hydrogen (secondary N) is 2. The number of amides is 1. The maximum absolute atomic E-state index is 12.5. The highest BCUT2D eigenvalue weighted by Crippen LogP contribution is 2.27. The van der Waals surface area contributed by atoms with Gasteiger partial charge in [0.05, 0.1) is 36.9 Å². The fraction of sp³-hybridized carbons (Fsp3) is 0.650. The van der Waals surface area contributed by atoms with Crippen LogP contribution in [0.3, 0.4) is 0 Å². The second kappa shape index (κ2) is 7.96. The van der Waals surface area contributed by atoms with Crippen molar-refractivity contribution in [3.63, 3.8) is 0 Å². The number of piperazine rings is 1. The first-order valence-corrected chi connectivity index (χ1v) is 9.58. The molecule has 0 saturated carbocycles. The second-order valence-electron chi connectivity index (χ2n) is 9.03. The van der Waals surface area contributed by atoms with Crippen LogP contribution in [0.4, 0.5) is 5.69 Å². The molecule has 1 aliphatic rings. The number of hydrogen-bond acceptors (Lipinski definition) is 2. The Morgan fingerprint density at radius 1 is 1.16 bits per heavy atom. The Bertz CT molecular complexity index is 587. The third-order valence-electron chi connectivity index (χ3n) is 4.52. The molecule has 0 spiro atoms. The molecule has 0 aliphatic carbocycles. The molecule has 1 aromatic rings. The van der Waals surface area contributed by atoms with Gasteiger partial charge in [0.2, 0.25) is 0 Å². The van der Waals surface area contributed by atoms with Crippen molar-refractivity contribution < 1.29 is 9.69 Å². The van der Waals surface area contributed by atoms with Crippen LogP contribution < -0.4 is 15.1 Å². The third kappa shape index (κ3) is 6.52. The van der Waals surface area contributed by atoms with Gasteiger partial charge in [-0.2, -0.15) is 0 Å². The standard InChI is InChI=1S/C20H32ClN3O/c1-19(2,3)15-20(4,5)22-18(25)14-23-10-12-24(13-11-23)17-9-7-6-8-16(17)21/h6-9H,10-15H2,1-5H3,(H,22,25)/p+1. The fourth-order valence-corrected chi connectivity index (χ4v) is 4.22. The lowest BCUT2D eigenvalue weighted by atomic mass is 9.82. The summed E-state index contributed by atoms with van der Waals surface area (Å²) in [7, 11) is 0. The molecule has 25 heavy (non-hydrogen) atoms. The summed E-state index contributed by atoms with van der Waals surface area (Å²) in [4.78, 5) is 16.1. The van der Waals surface area contributed by atoms with E-state index in [-0.39, 0.29) is 16.9 Å². The van der Waals surface area contributed by atoms with Gasteiger partial charge >= 0.3 is 0 Å². The zero-order chi connectivity index (χ0) is 18.7. The van der Waals surface area contributed by atoms with Gasteiger partial charge in [0, 0.05) is 5.54 Å². The van der Waals surface area contributed by atoms with Crippen LogP contribution in [-0.4, -0.2) is 44.2 Å². The monoisotopic (exact) mass is 366 g/mol. The van der Waals surface area contributed by atoms with Crippen LogP contribution in [0.5, 0.6) is 0 Å². The smallest absolute Gasteiger partial charge is 0.275 e. The number of hydrogen-bond donors (Lipinski definition) is 2. The van der Waals surface area contributed by atoms with Crippen LogP contribution >= 0.6 is 11.6 Å². The molecule has 1 saturated heterocycles. The van der Waals surface area contributed by atoms with Crippen molar-refractivity contribution in [3.8, 4) is 0 Å². The minimum Gasteiger partial charge on any atom is -0.359 e. The summed E-state index contributed by atoms with van der Waals surface area (Å²) in [6.07, 6.45) is 0.960. The summed E-state index contributed by atoms with van der Waals surface area (Å²) in [5.41, 5.74) is 1.12. The highest BCUT2D eigenvalue weighted by molar-refractivity contribution is 6.33. The average Bonchev–Trinajstić information content (AvgIpc) is 2.45. The largest absolute Gasteiger partial charge is 0.359 e. The molecule has 0 unspecified atom stereocenters. The van der Waals surface area contributed by atoms with Gasteiger partial charge in [-0.25, -0.2) is 0 Å². The molecule has 0 radical (unpaired) electrons. The molecule has 2 N–H and O–H groups in total. The van der Waals surface area contributed by atoms with Crippen LogP contribution in [0.15, 0.2) is 24.3 Å². The van der Waals surface area contributed by atoms with E-state index in [0.717, 1.165) is 43.3 Å². The summed E-state index contributed by atoms with van der Waals surface area (Å²) in [5.74, 6) is 0.149. The first-order valence-electron chi connectivity index (χ1n) is 9.20. The maximum atomic E-state index is 12.5. The first kappa shape index (κ1) is 20.1. The normalized spacial score (nSPS) is 16.8. The molecule has 140 valence electrons. The molecule has 2 rings (SSSR count). The molecule has 1 fully saturated rings. The van der Waals surface area contributed by atoms with Crippen LogP contribution in [0, 0.1) is 5.41 Å². The van der Waals surface area contributed by atoms with Crippen LogP contribution in [0.25, 0.3) is 0 Å². The van der Waals surface area contributed by atoms with Crippen molar-refractivity contribution >= 4 is 23.2 Å². The van der Waals surface area contributed by atoms with Gasteiger partial charge in [0.25, 0.3) is 5.91 Å². The lowest BCUT2D eigenvalue weighted by Crippen LogP contribution is -3.16. The number of anilines is 1. The van der Waals surface area contributed by atoms with Gasteiger partial charge in [0.15, 0.2) is 6.54 Å². The Morgan fingerprint density at radius 2 is 1.76 bits per heavy atom. The summed E-state index contributed by atoms with van der Waals surface area (Å²) in [6, 6.07) is 7.97. The quantitative estimate of drug-likeness (QED) is 0.839. The summed E-state index contributed by atoms with van der Waals surface area (Å²) in [5, 5.41) is 4.02. The second-order valence-corrected chi connectivity index (χ2v) is 9.44. The highest BCUT2D eigenvalue weighted by atomic mass is 35.5. The first-order chi connectivity index (χ1) is 11.6. The Balaban J connectivity index is 1.82. The van der Waals surface area contributed by atoms with Crippen molar-refractivity contribution in [1.82, 2.24) is 5.32 Å². The van der Waals surface area contributed by atoms with E-state index in [0.29, 0.717) is 6.54 Å². The van der Waals surface area contributed by atoms with E-state index in [1.807, 2.05) is 18.2 Å². The number of rotatable bonds is 5. The number of nitrogens with zero attached hydrogens (tertiary/aromatic N) is 1. The van der Waals surface area contributed by atoms with E-state index < -0.39 is 0 Å². The lowest BCUT2D eigenvalue weighted by Gasteiger charge is -2.36. The molecule has 4 nitrogen and oxygen atoms in total. The minimum atomic E-state index is -0.172. The minimum absolute atomic E-state index is 0.149. The molecule has 0 atom stereocenters. The van der Waals surface area contributed by atoms with E-state index in [1.165, 1.54) is 4.90 Å². The van der Waals surface area contributed by atoms with Crippen molar-refractivity contribution in [2.75, 3.05) is 37.6 Å². The molecular formula is C20H33ClN3O+. The molecular weight excluding hydrogens is 334 g/mol. The van der Waals surface area contributed by atoms with Crippen LogP contribution in [0.1, 0.15) is 41.0 Å². The molecule has 1 amide bonds. The van der Waals surface area contributed by atoms with E-state index in [4.69, 9.17) is 11.6 Å². The lowest BCUT2D eigenvalue weighted by molar-refractivity contribution is -0.892. The fourth-order valence-electron chi connectivity index (χ4n) is 3.97. The number of quaternary nitrogens is 1. The van der Waals surface area contributed by atoms with E-state index in [9.17, 15) is 4.79 Å². The van der Waals surface area contributed by atoms with Gasteiger partial charge in [-0.15, -0.1) is 0 Å². The number of halogens is 1.